The molecule has 1 heterocycles. The summed E-state index contributed by atoms with van der Waals surface area (Å²) in [5.74, 6) is 0.461. The number of nitrogens with one attached hydrogen (secondary N) is 2. The zero-order valence-corrected chi connectivity index (χ0v) is 13.1. The standard InChI is InChI=1S/C17H27N3O/c1-14(15-7-4-3-5-8-15)11-19-17(21)13-20(2)16-9-6-10-18-12-16/h3-5,7-8,14,16,18H,6,9-13H2,1-2H3,(H,19,21). The topological polar surface area (TPSA) is 44.4 Å². The zero-order chi connectivity index (χ0) is 15.1. The predicted molar refractivity (Wildman–Crippen MR) is 86.4 cm³/mol. The van der Waals surface area contributed by atoms with Crippen LogP contribution in [-0.2, 0) is 4.79 Å². The van der Waals surface area contributed by atoms with Crippen LogP contribution in [0.4, 0.5) is 0 Å². The van der Waals surface area contributed by atoms with Gasteiger partial charge in [0.05, 0.1) is 6.54 Å². The highest BCUT2D eigenvalue weighted by atomic mass is 16.2. The fourth-order valence-electron chi connectivity index (χ4n) is 2.79. The van der Waals surface area contributed by atoms with Gasteiger partial charge in [-0.05, 0) is 37.9 Å². The van der Waals surface area contributed by atoms with Gasteiger partial charge in [-0.2, -0.15) is 0 Å². The monoisotopic (exact) mass is 289 g/mol. The van der Waals surface area contributed by atoms with Crippen molar-refractivity contribution in [3.8, 4) is 0 Å². The molecule has 0 bridgehead atoms. The maximum Gasteiger partial charge on any atom is 0.234 e. The van der Waals surface area contributed by atoms with Crippen LogP contribution in [-0.4, -0.2) is 50.1 Å². The minimum absolute atomic E-state index is 0.117. The highest BCUT2D eigenvalue weighted by molar-refractivity contribution is 5.78. The van der Waals surface area contributed by atoms with Crippen LogP contribution in [0.25, 0.3) is 0 Å². The Balaban J connectivity index is 1.71. The second kappa shape index (κ2) is 8.15. The number of likely N-dealkylation sites (N-methyl/N-ethyl adjacent to an activating group) is 1. The first-order valence-electron chi connectivity index (χ1n) is 7.89. The number of nitrogens with zero attached hydrogens (tertiary/aromatic N) is 1. The molecule has 1 aliphatic heterocycles. The molecule has 1 saturated heterocycles. The molecule has 0 radical (unpaired) electrons. The number of amides is 1. The van der Waals surface area contributed by atoms with E-state index < -0.39 is 0 Å². The Morgan fingerprint density at radius 3 is 2.86 bits per heavy atom. The van der Waals surface area contributed by atoms with Gasteiger partial charge in [-0.3, -0.25) is 9.69 Å². The van der Waals surface area contributed by atoms with Gasteiger partial charge in [-0.25, -0.2) is 0 Å². The Morgan fingerprint density at radius 1 is 1.43 bits per heavy atom. The first kappa shape index (κ1) is 16.0. The van der Waals surface area contributed by atoms with Crippen LogP contribution in [0.2, 0.25) is 0 Å². The lowest BCUT2D eigenvalue weighted by molar-refractivity contribution is -0.122. The third-order valence-corrected chi connectivity index (χ3v) is 4.26. The van der Waals surface area contributed by atoms with Crippen LogP contribution in [0.1, 0.15) is 31.2 Å². The van der Waals surface area contributed by atoms with Gasteiger partial charge in [0.2, 0.25) is 5.91 Å². The number of benzene rings is 1. The summed E-state index contributed by atoms with van der Waals surface area (Å²) in [5.41, 5.74) is 1.27. The molecule has 0 saturated carbocycles. The Morgan fingerprint density at radius 2 is 2.19 bits per heavy atom. The minimum atomic E-state index is 0.117. The van der Waals surface area contributed by atoms with Crippen molar-refractivity contribution in [2.45, 2.75) is 31.7 Å². The number of carbonyl (C=O) groups excluding carboxylic acids is 1. The molecule has 2 rings (SSSR count). The first-order chi connectivity index (χ1) is 10.2. The third kappa shape index (κ3) is 5.14. The molecular formula is C17H27N3O. The second-order valence-corrected chi connectivity index (χ2v) is 6.03. The number of piperidine rings is 1. The zero-order valence-electron chi connectivity index (χ0n) is 13.1. The molecule has 0 aliphatic carbocycles. The van der Waals surface area contributed by atoms with E-state index in [-0.39, 0.29) is 5.91 Å². The van der Waals surface area contributed by atoms with Gasteiger partial charge in [0, 0.05) is 19.1 Å². The molecule has 0 spiro atoms. The second-order valence-electron chi connectivity index (χ2n) is 6.03. The molecule has 4 nitrogen and oxygen atoms in total. The molecule has 116 valence electrons. The van der Waals surface area contributed by atoms with Crippen LogP contribution in [0.5, 0.6) is 0 Å². The molecule has 4 heteroatoms. The lowest BCUT2D eigenvalue weighted by Gasteiger charge is -2.31. The molecule has 1 aromatic rings. The van der Waals surface area contributed by atoms with Crippen molar-refractivity contribution in [2.75, 3.05) is 33.2 Å². The van der Waals surface area contributed by atoms with Crippen molar-refractivity contribution in [3.63, 3.8) is 0 Å². The molecular weight excluding hydrogens is 262 g/mol. The van der Waals surface area contributed by atoms with E-state index in [1.807, 2.05) is 25.2 Å². The summed E-state index contributed by atoms with van der Waals surface area (Å²) in [4.78, 5) is 14.2. The van der Waals surface area contributed by atoms with E-state index in [9.17, 15) is 4.79 Å². The fraction of sp³-hybridized carbons (Fsp3) is 0.588. The normalized spacial score (nSPS) is 20.2. The van der Waals surface area contributed by atoms with Gasteiger partial charge in [0.1, 0.15) is 0 Å². The van der Waals surface area contributed by atoms with Crippen molar-refractivity contribution in [2.24, 2.45) is 0 Å². The lowest BCUT2D eigenvalue weighted by atomic mass is 10.0. The minimum Gasteiger partial charge on any atom is -0.354 e. The average Bonchev–Trinajstić information content (AvgIpc) is 2.54. The molecule has 2 unspecified atom stereocenters. The number of rotatable bonds is 6. The summed E-state index contributed by atoms with van der Waals surface area (Å²) in [6.07, 6.45) is 2.37. The van der Waals surface area contributed by atoms with Crippen molar-refractivity contribution >= 4 is 5.91 Å². The summed E-state index contributed by atoms with van der Waals surface area (Å²) >= 11 is 0. The third-order valence-electron chi connectivity index (χ3n) is 4.26. The maximum atomic E-state index is 12.1. The van der Waals surface area contributed by atoms with Crippen molar-refractivity contribution < 1.29 is 4.79 Å². The van der Waals surface area contributed by atoms with Gasteiger partial charge >= 0.3 is 0 Å². The Bertz CT molecular complexity index is 429. The summed E-state index contributed by atoms with van der Waals surface area (Å²) in [7, 11) is 2.04. The van der Waals surface area contributed by atoms with E-state index in [2.05, 4.69) is 34.6 Å². The van der Waals surface area contributed by atoms with E-state index in [1.54, 1.807) is 0 Å². The highest BCUT2D eigenvalue weighted by Crippen LogP contribution is 2.13. The van der Waals surface area contributed by atoms with E-state index in [0.717, 1.165) is 13.1 Å². The predicted octanol–water partition coefficient (Wildman–Crippen LogP) is 1.59. The summed E-state index contributed by atoms with van der Waals surface area (Å²) < 4.78 is 0. The van der Waals surface area contributed by atoms with Crippen LogP contribution < -0.4 is 10.6 Å². The van der Waals surface area contributed by atoms with Crippen LogP contribution in [0.3, 0.4) is 0 Å². The lowest BCUT2D eigenvalue weighted by Crippen LogP contribution is -2.47. The number of hydrogen-bond donors (Lipinski definition) is 2. The van der Waals surface area contributed by atoms with Gasteiger partial charge in [-0.1, -0.05) is 37.3 Å². The van der Waals surface area contributed by atoms with Crippen molar-refractivity contribution in [1.82, 2.24) is 15.5 Å². The summed E-state index contributed by atoms with van der Waals surface area (Å²) in [6, 6.07) is 10.8. The van der Waals surface area contributed by atoms with E-state index in [4.69, 9.17) is 0 Å². The van der Waals surface area contributed by atoms with E-state index in [0.29, 0.717) is 25.0 Å². The van der Waals surface area contributed by atoms with Crippen molar-refractivity contribution in [1.29, 1.82) is 0 Å². The largest absolute Gasteiger partial charge is 0.354 e. The molecule has 2 N–H and O–H groups in total. The first-order valence-corrected chi connectivity index (χ1v) is 7.89. The molecule has 1 amide bonds. The van der Waals surface area contributed by atoms with Gasteiger partial charge in [-0.15, -0.1) is 0 Å². The van der Waals surface area contributed by atoms with Gasteiger partial charge < -0.3 is 10.6 Å². The SMILES string of the molecule is CC(CNC(=O)CN(C)C1CCCNC1)c1ccccc1. The number of hydrogen-bond acceptors (Lipinski definition) is 3. The van der Waals surface area contributed by atoms with E-state index in [1.165, 1.54) is 18.4 Å². The Hall–Kier alpha value is -1.39. The molecule has 1 aliphatic rings. The van der Waals surface area contributed by atoms with Gasteiger partial charge in [0.25, 0.3) is 0 Å². The quantitative estimate of drug-likeness (QED) is 0.836. The van der Waals surface area contributed by atoms with Crippen molar-refractivity contribution in [3.05, 3.63) is 35.9 Å². The van der Waals surface area contributed by atoms with Crippen LogP contribution in [0, 0.1) is 0 Å². The fourth-order valence-corrected chi connectivity index (χ4v) is 2.79. The molecule has 0 aromatic heterocycles. The maximum absolute atomic E-state index is 12.1. The van der Waals surface area contributed by atoms with E-state index >= 15 is 0 Å². The average molecular weight is 289 g/mol. The smallest absolute Gasteiger partial charge is 0.234 e. The number of carbonyl (C=O) groups is 1. The summed E-state index contributed by atoms with van der Waals surface area (Å²) in [5, 5.41) is 6.44. The van der Waals surface area contributed by atoms with Gasteiger partial charge in [0.15, 0.2) is 0 Å². The molecule has 1 aromatic carbocycles. The molecule has 1 fully saturated rings. The van der Waals surface area contributed by atoms with Crippen LogP contribution in [0.15, 0.2) is 30.3 Å². The Labute approximate surface area is 127 Å². The molecule has 2 atom stereocenters. The Kier molecular flexibility index (Phi) is 6.21. The highest BCUT2D eigenvalue weighted by Gasteiger charge is 2.19. The van der Waals surface area contributed by atoms with Crippen LogP contribution >= 0.6 is 0 Å². The summed E-state index contributed by atoms with van der Waals surface area (Å²) in [6.45, 7) is 5.41. The molecule has 21 heavy (non-hydrogen) atoms.